The van der Waals surface area contributed by atoms with Gasteiger partial charge in [-0.3, -0.25) is 16.3 Å². The molecular formula is C13H20N6. The number of hydrazine groups is 1. The van der Waals surface area contributed by atoms with E-state index >= 15 is 0 Å². The normalized spacial score (nSPS) is 12.8. The van der Waals surface area contributed by atoms with Crippen LogP contribution in [0.2, 0.25) is 0 Å². The van der Waals surface area contributed by atoms with Gasteiger partial charge in [0.25, 0.3) is 0 Å². The average Bonchev–Trinajstić information content (AvgIpc) is 2.87. The Labute approximate surface area is 113 Å². The summed E-state index contributed by atoms with van der Waals surface area (Å²) in [5.41, 5.74) is 4.06. The quantitative estimate of drug-likeness (QED) is 0.595. The van der Waals surface area contributed by atoms with E-state index in [-0.39, 0.29) is 6.04 Å². The molecule has 0 saturated heterocycles. The van der Waals surface area contributed by atoms with E-state index in [1.54, 1.807) is 18.7 Å². The number of nitrogens with two attached hydrogens (primary N) is 1. The molecule has 0 radical (unpaired) electrons. The van der Waals surface area contributed by atoms with Crippen LogP contribution in [-0.4, -0.2) is 25.8 Å². The minimum Gasteiger partial charge on any atom is -0.271 e. The van der Waals surface area contributed by atoms with Gasteiger partial charge in [0.05, 0.1) is 0 Å². The molecule has 0 fully saturated rings. The molecule has 6 nitrogen and oxygen atoms in total. The third-order valence-electron chi connectivity index (χ3n) is 3.03. The van der Waals surface area contributed by atoms with Crippen molar-refractivity contribution in [1.29, 1.82) is 0 Å². The average molecular weight is 260 g/mol. The Morgan fingerprint density at radius 3 is 2.63 bits per heavy atom. The van der Waals surface area contributed by atoms with E-state index < -0.39 is 0 Å². The van der Waals surface area contributed by atoms with Gasteiger partial charge in [0.15, 0.2) is 0 Å². The zero-order chi connectivity index (χ0) is 13.7. The molecule has 2 heterocycles. The minimum absolute atomic E-state index is 0.129. The van der Waals surface area contributed by atoms with Crippen molar-refractivity contribution in [3.05, 3.63) is 42.2 Å². The lowest BCUT2D eigenvalue weighted by atomic mass is 10.0. The summed E-state index contributed by atoms with van der Waals surface area (Å²) in [6.07, 6.45) is 6.76. The molecule has 2 aromatic heterocycles. The molecule has 0 saturated carbocycles. The van der Waals surface area contributed by atoms with Gasteiger partial charge in [-0.05, 0) is 38.0 Å². The lowest BCUT2D eigenvalue weighted by Gasteiger charge is -2.17. The van der Waals surface area contributed by atoms with E-state index in [1.807, 2.05) is 16.8 Å². The first-order valence-corrected chi connectivity index (χ1v) is 6.44. The van der Waals surface area contributed by atoms with E-state index in [2.05, 4.69) is 34.3 Å². The third kappa shape index (κ3) is 3.59. The van der Waals surface area contributed by atoms with Crippen LogP contribution in [0, 0.1) is 0 Å². The number of nitrogens with zero attached hydrogens (tertiary/aromatic N) is 4. The molecule has 0 spiro atoms. The topological polar surface area (TPSA) is 81.7 Å². The maximum atomic E-state index is 5.64. The highest BCUT2D eigenvalue weighted by atomic mass is 15.3. The fourth-order valence-corrected chi connectivity index (χ4v) is 2.07. The van der Waals surface area contributed by atoms with Gasteiger partial charge in [0.1, 0.15) is 12.2 Å². The van der Waals surface area contributed by atoms with Gasteiger partial charge < -0.3 is 0 Å². The Balaban J connectivity index is 2.05. The van der Waals surface area contributed by atoms with E-state index in [4.69, 9.17) is 5.84 Å². The summed E-state index contributed by atoms with van der Waals surface area (Å²) in [7, 11) is 0. The van der Waals surface area contributed by atoms with Crippen molar-refractivity contribution in [2.75, 3.05) is 0 Å². The molecule has 3 N–H and O–H groups in total. The monoisotopic (exact) mass is 260 g/mol. The molecule has 0 aromatic carbocycles. The SMILES string of the molecule is CC(C)n1ncnc1CC(Cc1ccncc1)NN. The smallest absolute Gasteiger partial charge is 0.138 e. The molecule has 1 atom stereocenters. The summed E-state index contributed by atoms with van der Waals surface area (Å²) in [6, 6.07) is 4.43. The van der Waals surface area contributed by atoms with Gasteiger partial charge in [0.2, 0.25) is 0 Å². The van der Waals surface area contributed by atoms with Crippen LogP contribution in [0.15, 0.2) is 30.9 Å². The summed E-state index contributed by atoms with van der Waals surface area (Å²) >= 11 is 0. The van der Waals surface area contributed by atoms with Crippen LogP contribution < -0.4 is 11.3 Å². The zero-order valence-electron chi connectivity index (χ0n) is 11.3. The van der Waals surface area contributed by atoms with Crippen molar-refractivity contribution >= 4 is 0 Å². The van der Waals surface area contributed by atoms with Crippen molar-refractivity contribution in [3.63, 3.8) is 0 Å². The van der Waals surface area contributed by atoms with Crippen LogP contribution in [0.1, 0.15) is 31.3 Å². The summed E-state index contributed by atoms with van der Waals surface area (Å²) < 4.78 is 1.93. The Morgan fingerprint density at radius 2 is 2.00 bits per heavy atom. The Hall–Kier alpha value is -1.79. The molecule has 102 valence electrons. The molecule has 2 rings (SSSR count). The minimum atomic E-state index is 0.129. The van der Waals surface area contributed by atoms with Crippen LogP contribution in [0.3, 0.4) is 0 Å². The molecule has 0 aliphatic heterocycles. The Bertz CT molecular complexity index is 493. The van der Waals surface area contributed by atoms with E-state index in [0.717, 1.165) is 18.7 Å². The van der Waals surface area contributed by atoms with Crippen molar-refractivity contribution in [2.24, 2.45) is 5.84 Å². The Morgan fingerprint density at radius 1 is 1.26 bits per heavy atom. The van der Waals surface area contributed by atoms with Gasteiger partial charge in [-0.25, -0.2) is 9.67 Å². The highest BCUT2D eigenvalue weighted by Crippen LogP contribution is 2.10. The molecule has 2 aromatic rings. The molecule has 1 unspecified atom stereocenters. The fourth-order valence-electron chi connectivity index (χ4n) is 2.07. The van der Waals surface area contributed by atoms with Gasteiger partial charge in [-0.1, -0.05) is 0 Å². The molecular weight excluding hydrogens is 240 g/mol. The lowest BCUT2D eigenvalue weighted by Crippen LogP contribution is -2.39. The standard InChI is InChI=1S/C13H20N6/c1-10(2)19-13(16-9-17-19)8-12(18-14)7-11-3-5-15-6-4-11/h3-6,9-10,12,18H,7-8,14H2,1-2H3. The van der Waals surface area contributed by atoms with Crippen molar-refractivity contribution in [2.45, 2.75) is 38.8 Å². The lowest BCUT2D eigenvalue weighted by molar-refractivity contribution is 0.459. The second kappa shape index (κ2) is 6.40. The first-order valence-electron chi connectivity index (χ1n) is 6.44. The first-order chi connectivity index (χ1) is 9.20. The fraction of sp³-hybridized carbons (Fsp3) is 0.462. The van der Waals surface area contributed by atoms with Crippen LogP contribution in [0.25, 0.3) is 0 Å². The second-order valence-electron chi connectivity index (χ2n) is 4.84. The summed E-state index contributed by atoms with van der Waals surface area (Å²) in [5, 5.41) is 4.24. The first kappa shape index (κ1) is 13.6. The van der Waals surface area contributed by atoms with Gasteiger partial charge in [0, 0.05) is 30.9 Å². The number of hydrogen-bond acceptors (Lipinski definition) is 5. The van der Waals surface area contributed by atoms with Crippen LogP contribution >= 0.6 is 0 Å². The van der Waals surface area contributed by atoms with Crippen LogP contribution in [0.5, 0.6) is 0 Å². The second-order valence-corrected chi connectivity index (χ2v) is 4.84. The molecule has 0 amide bonds. The zero-order valence-corrected chi connectivity index (χ0v) is 11.3. The Kier molecular flexibility index (Phi) is 4.59. The highest BCUT2D eigenvalue weighted by Gasteiger charge is 2.14. The largest absolute Gasteiger partial charge is 0.271 e. The molecule has 6 heteroatoms. The maximum absolute atomic E-state index is 5.64. The predicted octanol–water partition coefficient (Wildman–Crippen LogP) is 0.871. The third-order valence-corrected chi connectivity index (χ3v) is 3.03. The highest BCUT2D eigenvalue weighted by molar-refractivity contribution is 5.12. The molecule has 0 aliphatic rings. The van der Waals surface area contributed by atoms with Crippen LogP contribution in [-0.2, 0) is 12.8 Å². The number of aromatic nitrogens is 4. The summed E-state index contributed by atoms with van der Waals surface area (Å²) in [6.45, 7) is 4.18. The van der Waals surface area contributed by atoms with E-state index in [0.29, 0.717) is 6.04 Å². The van der Waals surface area contributed by atoms with Crippen molar-refractivity contribution in [1.82, 2.24) is 25.2 Å². The number of hydrogen-bond donors (Lipinski definition) is 2. The number of pyridine rings is 1. The van der Waals surface area contributed by atoms with Crippen molar-refractivity contribution in [3.8, 4) is 0 Å². The van der Waals surface area contributed by atoms with Gasteiger partial charge >= 0.3 is 0 Å². The van der Waals surface area contributed by atoms with E-state index in [9.17, 15) is 0 Å². The van der Waals surface area contributed by atoms with Crippen molar-refractivity contribution < 1.29 is 0 Å². The van der Waals surface area contributed by atoms with E-state index in [1.165, 1.54) is 5.56 Å². The number of nitrogens with one attached hydrogen (secondary N) is 1. The van der Waals surface area contributed by atoms with Crippen LogP contribution in [0.4, 0.5) is 0 Å². The predicted molar refractivity (Wildman–Crippen MR) is 73.2 cm³/mol. The van der Waals surface area contributed by atoms with Gasteiger partial charge in [-0.2, -0.15) is 5.10 Å². The molecule has 19 heavy (non-hydrogen) atoms. The van der Waals surface area contributed by atoms with Gasteiger partial charge in [-0.15, -0.1) is 0 Å². The maximum Gasteiger partial charge on any atom is 0.138 e. The number of rotatable bonds is 6. The summed E-state index contributed by atoms with van der Waals surface area (Å²) in [5.74, 6) is 6.59. The molecule has 0 bridgehead atoms. The molecule has 0 aliphatic carbocycles. The summed E-state index contributed by atoms with van der Waals surface area (Å²) in [4.78, 5) is 8.32.